The Morgan fingerprint density at radius 3 is 2.61 bits per heavy atom. The van der Waals surface area contributed by atoms with Gasteiger partial charge in [-0.15, -0.1) is 0 Å². The first-order valence-electron chi connectivity index (χ1n) is 11.0. The van der Waals surface area contributed by atoms with Crippen LogP contribution in [0.1, 0.15) is 39.2 Å². The Hall–Kier alpha value is -2.32. The molecule has 8 heteroatoms. The number of thioether (sulfide) groups is 1. The molecule has 0 bridgehead atoms. The monoisotopic (exact) mass is 442 g/mol. The third-order valence-corrected chi connectivity index (χ3v) is 7.01. The van der Waals surface area contributed by atoms with E-state index < -0.39 is 5.91 Å². The number of benzene rings is 1. The van der Waals surface area contributed by atoms with E-state index in [0.29, 0.717) is 18.5 Å². The van der Waals surface area contributed by atoms with E-state index in [2.05, 4.69) is 49.1 Å². The van der Waals surface area contributed by atoms with Crippen LogP contribution in [-0.2, 0) is 11.2 Å². The van der Waals surface area contributed by atoms with E-state index in [-0.39, 0.29) is 16.3 Å². The lowest BCUT2D eigenvalue weighted by molar-refractivity contribution is -0.115. The summed E-state index contributed by atoms with van der Waals surface area (Å²) in [5, 5.41) is 21.0. The largest absolute Gasteiger partial charge is 0.361 e. The van der Waals surface area contributed by atoms with E-state index in [1.807, 2.05) is 29.3 Å². The van der Waals surface area contributed by atoms with Gasteiger partial charge >= 0.3 is 0 Å². The third-order valence-electron chi connectivity index (χ3n) is 6.17. The van der Waals surface area contributed by atoms with Crippen molar-refractivity contribution in [3.63, 3.8) is 0 Å². The SMILES string of the molecule is CCCC(Cc1c[nH]c2ccccc12)NC(=O)C(=N)SC(=N)N1C[C@@H](C)N(C)[C@H](C)C1. The van der Waals surface area contributed by atoms with Crippen molar-refractivity contribution in [2.75, 3.05) is 20.1 Å². The number of hydrogen-bond donors (Lipinski definition) is 4. The number of aromatic nitrogens is 1. The molecule has 0 radical (unpaired) electrons. The predicted octanol–water partition coefficient (Wildman–Crippen LogP) is 3.66. The molecule has 7 nitrogen and oxygen atoms in total. The second-order valence-corrected chi connectivity index (χ2v) is 9.53. The Bertz CT molecular complexity index is 929. The average Bonchev–Trinajstić information content (AvgIpc) is 3.14. The standard InChI is InChI=1S/C23H34N6OS/c1-5-8-18(11-17-12-26-20-10-7-6-9-19(17)20)27-22(30)21(24)31-23(25)29-13-15(2)28(4)16(3)14-29/h6-7,9-10,12,15-16,18,24-26H,5,8,11,13-14H2,1-4H3,(H,27,30)/t15-,16-,18?/m1/s1. The molecule has 31 heavy (non-hydrogen) atoms. The Morgan fingerprint density at radius 1 is 1.26 bits per heavy atom. The summed E-state index contributed by atoms with van der Waals surface area (Å²) in [5.74, 6) is -0.400. The molecule has 3 rings (SSSR count). The van der Waals surface area contributed by atoms with E-state index in [1.165, 1.54) is 10.9 Å². The van der Waals surface area contributed by atoms with Crippen molar-refractivity contribution in [1.29, 1.82) is 10.8 Å². The van der Waals surface area contributed by atoms with Crippen LogP contribution in [0.3, 0.4) is 0 Å². The second kappa shape index (κ2) is 10.3. The number of hydrogen-bond acceptors (Lipinski definition) is 5. The molecular formula is C23H34N6OS. The lowest BCUT2D eigenvalue weighted by Gasteiger charge is -2.43. The summed E-state index contributed by atoms with van der Waals surface area (Å²) in [7, 11) is 2.10. The van der Waals surface area contributed by atoms with E-state index >= 15 is 0 Å². The molecule has 2 aromatic rings. The summed E-state index contributed by atoms with van der Waals surface area (Å²) in [6, 6.07) is 8.77. The van der Waals surface area contributed by atoms with E-state index in [0.717, 1.165) is 43.2 Å². The molecule has 168 valence electrons. The van der Waals surface area contributed by atoms with Crippen molar-refractivity contribution in [2.45, 2.75) is 58.2 Å². The smallest absolute Gasteiger partial charge is 0.276 e. The van der Waals surface area contributed by atoms with Crippen molar-refractivity contribution in [3.8, 4) is 0 Å². The topological polar surface area (TPSA) is 99.1 Å². The first-order valence-corrected chi connectivity index (χ1v) is 11.8. The number of para-hydroxylation sites is 1. The number of likely N-dealkylation sites (N-methyl/N-ethyl adjacent to an activating group) is 1. The fourth-order valence-corrected chi connectivity index (χ4v) is 4.79. The molecule has 1 fully saturated rings. The lowest BCUT2D eigenvalue weighted by Crippen LogP contribution is -2.56. The van der Waals surface area contributed by atoms with Gasteiger partial charge in [0.1, 0.15) is 0 Å². The highest BCUT2D eigenvalue weighted by Crippen LogP contribution is 2.21. The number of aromatic amines is 1. The van der Waals surface area contributed by atoms with Crippen LogP contribution >= 0.6 is 11.8 Å². The van der Waals surface area contributed by atoms with Gasteiger partial charge in [0.25, 0.3) is 5.91 Å². The molecule has 1 aromatic carbocycles. The van der Waals surface area contributed by atoms with Gasteiger partial charge in [-0.1, -0.05) is 31.5 Å². The Labute approximate surface area is 189 Å². The summed E-state index contributed by atoms with van der Waals surface area (Å²) in [5.41, 5.74) is 2.26. The minimum absolute atomic E-state index is 0.0458. The van der Waals surface area contributed by atoms with Gasteiger partial charge in [-0.05, 0) is 57.1 Å². The Morgan fingerprint density at radius 2 is 1.94 bits per heavy atom. The van der Waals surface area contributed by atoms with Gasteiger partial charge in [-0.25, -0.2) is 0 Å². The number of H-pyrrole nitrogens is 1. The van der Waals surface area contributed by atoms with E-state index in [1.54, 1.807) is 0 Å². The molecule has 1 aromatic heterocycles. The van der Waals surface area contributed by atoms with Crippen LogP contribution in [-0.4, -0.2) is 69.2 Å². The fourth-order valence-electron chi connectivity index (χ4n) is 4.17. The first-order chi connectivity index (χ1) is 14.8. The Kier molecular flexibility index (Phi) is 7.78. The number of rotatable bonds is 5. The minimum Gasteiger partial charge on any atom is -0.361 e. The molecule has 0 saturated carbocycles. The van der Waals surface area contributed by atoms with Gasteiger partial charge in [-0.2, -0.15) is 0 Å². The molecule has 0 aliphatic carbocycles. The fraction of sp³-hybridized carbons (Fsp3) is 0.522. The molecule has 3 atom stereocenters. The molecular weight excluding hydrogens is 408 g/mol. The number of nitrogens with zero attached hydrogens (tertiary/aromatic N) is 2. The van der Waals surface area contributed by atoms with E-state index in [4.69, 9.17) is 10.8 Å². The summed E-state index contributed by atoms with van der Waals surface area (Å²) >= 11 is 0.946. The molecule has 2 heterocycles. The number of piperazine rings is 1. The minimum atomic E-state index is -0.400. The van der Waals surface area contributed by atoms with Gasteiger partial charge in [0.05, 0.1) is 0 Å². The highest BCUT2D eigenvalue weighted by molar-refractivity contribution is 8.27. The maximum Gasteiger partial charge on any atom is 0.276 e. The maximum absolute atomic E-state index is 12.7. The molecule has 0 spiro atoms. The quantitative estimate of drug-likeness (QED) is 0.419. The molecule has 1 unspecified atom stereocenters. The normalized spacial score (nSPS) is 20.6. The van der Waals surface area contributed by atoms with Crippen LogP contribution in [0.2, 0.25) is 0 Å². The number of amidine groups is 1. The zero-order valence-electron chi connectivity index (χ0n) is 18.9. The molecule has 1 aliphatic rings. The molecule has 1 amide bonds. The molecule has 4 N–H and O–H groups in total. The Balaban J connectivity index is 1.58. The van der Waals surface area contributed by atoms with Crippen LogP contribution in [0.5, 0.6) is 0 Å². The van der Waals surface area contributed by atoms with Crippen LogP contribution in [0, 0.1) is 10.8 Å². The number of amides is 1. The van der Waals surface area contributed by atoms with Crippen molar-refractivity contribution >= 4 is 38.8 Å². The molecule has 1 aliphatic heterocycles. The predicted molar refractivity (Wildman–Crippen MR) is 130 cm³/mol. The van der Waals surface area contributed by atoms with Crippen LogP contribution < -0.4 is 5.32 Å². The third kappa shape index (κ3) is 5.68. The van der Waals surface area contributed by atoms with Crippen LogP contribution in [0.25, 0.3) is 10.9 Å². The summed E-state index contributed by atoms with van der Waals surface area (Å²) in [4.78, 5) is 20.3. The van der Waals surface area contributed by atoms with Gasteiger partial charge < -0.3 is 15.2 Å². The first kappa shape index (κ1) is 23.3. The highest BCUT2D eigenvalue weighted by Gasteiger charge is 2.29. The highest BCUT2D eigenvalue weighted by atomic mass is 32.2. The number of nitrogens with one attached hydrogen (secondary N) is 4. The summed E-state index contributed by atoms with van der Waals surface area (Å²) in [6.07, 6.45) is 4.51. The average molecular weight is 443 g/mol. The van der Waals surface area contributed by atoms with E-state index in [9.17, 15) is 4.79 Å². The number of carbonyl (C=O) groups excluding carboxylic acids is 1. The van der Waals surface area contributed by atoms with Crippen molar-refractivity contribution in [3.05, 3.63) is 36.0 Å². The summed E-state index contributed by atoms with van der Waals surface area (Å²) < 4.78 is 0. The zero-order valence-corrected chi connectivity index (χ0v) is 19.7. The summed E-state index contributed by atoms with van der Waals surface area (Å²) in [6.45, 7) is 7.85. The zero-order chi connectivity index (χ0) is 22.5. The van der Waals surface area contributed by atoms with Crippen LogP contribution in [0.4, 0.5) is 0 Å². The van der Waals surface area contributed by atoms with Crippen LogP contribution in [0.15, 0.2) is 30.5 Å². The second-order valence-electron chi connectivity index (χ2n) is 8.53. The van der Waals surface area contributed by atoms with Crippen molar-refractivity contribution in [1.82, 2.24) is 20.1 Å². The number of fused-ring (bicyclic) bond motifs is 1. The lowest BCUT2D eigenvalue weighted by atomic mass is 10.0. The number of carbonyl (C=O) groups is 1. The van der Waals surface area contributed by atoms with Crippen molar-refractivity contribution in [2.24, 2.45) is 0 Å². The maximum atomic E-state index is 12.7. The van der Waals surface area contributed by atoms with Gasteiger partial charge in [-0.3, -0.25) is 20.5 Å². The molecule has 1 saturated heterocycles. The van der Waals surface area contributed by atoms with Gasteiger partial charge in [0.2, 0.25) is 0 Å². The van der Waals surface area contributed by atoms with Gasteiger partial charge in [0, 0.05) is 48.3 Å². The van der Waals surface area contributed by atoms with Gasteiger partial charge in [0.15, 0.2) is 10.2 Å². The van der Waals surface area contributed by atoms with Crippen molar-refractivity contribution < 1.29 is 4.79 Å².